The monoisotopic (exact) mass is 230 g/mol. The van der Waals surface area contributed by atoms with Gasteiger partial charge in [0.15, 0.2) is 0 Å². The van der Waals surface area contributed by atoms with E-state index in [0.717, 1.165) is 5.56 Å². The molecule has 1 aromatic rings. The van der Waals surface area contributed by atoms with Crippen molar-refractivity contribution in [2.45, 2.75) is 20.8 Å². The second-order valence-corrected chi connectivity index (χ2v) is 4.53. The molecule has 0 fully saturated rings. The third kappa shape index (κ3) is 3.96. The van der Waals surface area contributed by atoms with Crippen molar-refractivity contribution in [2.24, 2.45) is 17.8 Å². The molecule has 0 aliphatic carbocycles. The molecule has 0 saturated carbocycles. The van der Waals surface area contributed by atoms with Crippen LogP contribution in [0.1, 0.15) is 26.3 Å². The first kappa shape index (κ1) is 13.3. The number of carbonyl (C=O) groups is 1. The van der Waals surface area contributed by atoms with Crippen molar-refractivity contribution in [3.63, 3.8) is 0 Å². The molecule has 0 aliphatic heterocycles. The van der Waals surface area contributed by atoms with Crippen molar-refractivity contribution in [3.05, 3.63) is 35.9 Å². The average Bonchev–Trinajstić information content (AvgIpc) is 2.27. The molecule has 17 heavy (non-hydrogen) atoms. The lowest BCUT2D eigenvalue weighted by Gasteiger charge is -2.18. The second-order valence-electron chi connectivity index (χ2n) is 4.53. The number of carboxylic acid groups (broad SMARTS) is 1. The Bertz CT molecular complexity index is 423. The standard InChI is InChI=1S/C15H18O2/c1-11(2)14(15(16)17)12(3)9-10-13-7-5-4-6-8-13/h4-8,11-12,14H,1-3H3,(H,16,17). The lowest BCUT2D eigenvalue weighted by Crippen LogP contribution is -2.25. The van der Waals surface area contributed by atoms with Crippen LogP contribution in [0.3, 0.4) is 0 Å². The van der Waals surface area contributed by atoms with Crippen molar-refractivity contribution in [2.75, 3.05) is 0 Å². The Morgan fingerprint density at radius 2 is 1.76 bits per heavy atom. The highest BCUT2D eigenvalue weighted by atomic mass is 16.4. The lowest BCUT2D eigenvalue weighted by molar-refractivity contribution is -0.144. The minimum Gasteiger partial charge on any atom is -0.481 e. The molecular formula is C15H18O2. The van der Waals surface area contributed by atoms with E-state index >= 15 is 0 Å². The molecular weight excluding hydrogens is 212 g/mol. The van der Waals surface area contributed by atoms with Gasteiger partial charge in [-0.3, -0.25) is 4.79 Å². The van der Waals surface area contributed by atoms with E-state index in [9.17, 15) is 4.79 Å². The number of aliphatic carboxylic acids is 1. The third-order valence-electron chi connectivity index (χ3n) is 2.76. The Balaban J connectivity index is 2.81. The summed E-state index contributed by atoms with van der Waals surface area (Å²) >= 11 is 0. The van der Waals surface area contributed by atoms with E-state index in [2.05, 4.69) is 11.8 Å². The first-order chi connectivity index (χ1) is 8.02. The van der Waals surface area contributed by atoms with Gasteiger partial charge in [0, 0.05) is 11.5 Å². The van der Waals surface area contributed by atoms with Gasteiger partial charge in [-0.05, 0) is 18.1 Å². The van der Waals surface area contributed by atoms with Crippen LogP contribution in [0.25, 0.3) is 0 Å². The van der Waals surface area contributed by atoms with E-state index in [1.54, 1.807) is 0 Å². The summed E-state index contributed by atoms with van der Waals surface area (Å²) in [5, 5.41) is 9.14. The molecule has 2 nitrogen and oxygen atoms in total. The summed E-state index contributed by atoms with van der Waals surface area (Å²) in [4.78, 5) is 11.1. The Morgan fingerprint density at radius 3 is 2.24 bits per heavy atom. The van der Waals surface area contributed by atoms with Crippen LogP contribution in [0, 0.1) is 29.6 Å². The second kappa shape index (κ2) is 6.10. The summed E-state index contributed by atoms with van der Waals surface area (Å²) in [6, 6.07) is 9.62. The van der Waals surface area contributed by atoms with E-state index in [1.165, 1.54) is 0 Å². The van der Waals surface area contributed by atoms with E-state index in [1.807, 2.05) is 51.1 Å². The smallest absolute Gasteiger partial charge is 0.308 e. The maximum atomic E-state index is 11.1. The van der Waals surface area contributed by atoms with Gasteiger partial charge in [0.2, 0.25) is 0 Å². The average molecular weight is 230 g/mol. The zero-order valence-corrected chi connectivity index (χ0v) is 10.5. The van der Waals surface area contributed by atoms with Gasteiger partial charge in [-0.25, -0.2) is 0 Å². The number of hydrogen-bond acceptors (Lipinski definition) is 1. The van der Waals surface area contributed by atoms with E-state index in [-0.39, 0.29) is 11.8 Å². The topological polar surface area (TPSA) is 37.3 Å². The van der Waals surface area contributed by atoms with Crippen molar-refractivity contribution in [1.29, 1.82) is 0 Å². The zero-order chi connectivity index (χ0) is 12.8. The fourth-order valence-electron chi connectivity index (χ4n) is 1.88. The summed E-state index contributed by atoms with van der Waals surface area (Å²) in [5.74, 6) is 4.82. The fourth-order valence-corrected chi connectivity index (χ4v) is 1.88. The third-order valence-corrected chi connectivity index (χ3v) is 2.76. The van der Waals surface area contributed by atoms with Crippen molar-refractivity contribution < 1.29 is 9.90 Å². The highest BCUT2D eigenvalue weighted by Gasteiger charge is 2.26. The van der Waals surface area contributed by atoms with Crippen LogP contribution in [-0.4, -0.2) is 11.1 Å². The summed E-state index contributed by atoms with van der Waals surface area (Å²) in [5.41, 5.74) is 0.923. The summed E-state index contributed by atoms with van der Waals surface area (Å²) in [6.45, 7) is 5.70. The molecule has 0 spiro atoms. The molecule has 0 aromatic heterocycles. The van der Waals surface area contributed by atoms with Crippen LogP contribution in [-0.2, 0) is 4.79 Å². The molecule has 90 valence electrons. The highest BCUT2D eigenvalue weighted by molar-refractivity contribution is 5.71. The van der Waals surface area contributed by atoms with Crippen LogP contribution >= 0.6 is 0 Å². The largest absolute Gasteiger partial charge is 0.481 e. The van der Waals surface area contributed by atoms with Gasteiger partial charge in [-0.2, -0.15) is 0 Å². The summed E-state index contributed by atoms with van der Waals surface area (Å²) in [7, 11) is 0. The number of rotatable bonds is 3. The van der Waals surface area contributed by atoms with Gasteiger partial charge in [-0.1, -0.05) is 50.8 Å². The number of hydrogen-bond donors (Lipinski definition) is 1. The Kier molecular flexibility index (Phi) is 4.78. The van der Waals surface area contributed by atoms with Gasteiger partial charge < -0.3 is 5.11 Å². The molecule has 1 N–H and O–H groups in total. The molecule has 1 rings (SSSR count). The lowest BCUT2D eigenvalue weighted by atomic mass is 9.85. The molecule has 0 bridgehead atoms. The number of carboxylic acids is 1. The van der Waals surface area contributed by atoms with E-state index in [0.29, 0.717) is 0 Å². The predicted octanol–water partition coefficient (Wildman–Crippen LogP) is 3.03. The van der Waals surface area contributed by atoms with Crippen molar-refractivity contribution in [3.8, 4) is 11.8 Å². The first-order valence-electron chi connectivity index (χ1n) is 5.81. The van der Waals surface area contributed by atoms with Gasteiger partial charge in [0.1, 0.15) is 0 Å². The van der Waals surface area contributed by atoms with Gasteiger partial charge >= 0.3 is 5.97 Å². The van der Waals surface area contributed by atoms with E-state index in [4.69, 9.17) is 5.11 Å². The minimum absolute atomic E-state index is 0.0903. The maximum Gasteiger partial charge on any atom is 0.308 e. The Hall–Kier alpha value is -1.75. The zero-order valence-electron chi connectivity index (χ0n) is 10.5. The summed E-state index contributed by atoms with van der Waals surface area (Å²) < 4.78 is 0. The van der Waals surface area contributed by atoms with Crippen molar-refractivity contribution >= 4 is 5.97 Å². The molecule has 2 unspecified atom stereocenters. The molecule has 0 heterocycles. The number of benzene rings is 1. The molecule has 2 heteroatoms. The Morgan fingerprint density at radius 1 is 1.18 bits per heavy atom. The fraction of sp³-hybridized carbons (Fsp3) is 0.400. The summed E-state index contributed by atoms with van der Waals surface area (Å²) in [6.07, 6.45) is 0. The maximum absolute atomic E-state index is 11.1. The molecule has 0 radical (unpaired) electrons. The molecule has 1 aromatic carbocycles. The molecule has 0 amide bonds. The van der Waals surface area contributed by atoms with Gasteiger partial charge in [0.05, 0.1) is 5.92 Å². The normalized spacial score (nSPS) is 13.6. The van der Waals surface area contributed by atoms with Crippen LogP contribution in [0.5, 0.6) is 0 Å². The minimum atomic E-state index is -0.769. The van der Waals surface area contributed by atoms with E-state index < -0.39 is 11.9 Å². The van der Waals surface area contributed by atoms with Crippen molar-refractivity contribution in [1.82, 2.24) is 0 Å². The van der Waals surface area contributed by atoms with Crippen LogP contribution in [0.4, 0.5) is 0 Å². The SMILES string of the molecule is CC(C)C(C(=O)O)C(C)C#Cc1ccccc1. The van der Waals surface area contributed by atoms with Crippen LogP contribution in [0.15, 0.2) is 30.3 Å². The molecule has 0 saturated heterocycles. The predicted molar refractivity (Wildman–Crippen MR) is 68.4 cm³/mol. The quantitative estimate of drug-likeness (QED) is 0.810. The Labute approximate surface area is 103 Å². The van der Waals surface area contributed by atoms with Crippen LogP contribution in [0.2, 0.25) is 0 Å². The molecule has 0 aliphatic rings. The highest BCUT2D eigenvalue weighted by Crippen LogP contribution is 2.20. The molecule has 2 atom stereocenters. The van der Waals surface area contributed by atoms with Gasteiger partial charge in [-0.15, -0.1) is 0 Å². The first-order valence-corrected chi connectivity index (χ1v) is 5.81. The van der Waals surface area contributed by atoms with Crippen LogP contribution < -0.4 is 0 Å². The van der Waals surface area contributed by atoms with Gasteiger partial charge in [0.25, 0.3) is 0 Å².